The first-order valence-corrected chi connectivity index (χ1v) is 10.7. The first kappa shape index (κ1) is 19.6. The van der Waals surface area contributed by atoms with Crippen molar-refractivity contribution in [2.24, 2.45) is 0 Å². The smallest absolute Gasteiger partial charge is 0.253 e. The first-order chi connectivity index (χ1) is 15.1. The number of piperidine rings is 1. The fraction of sp³-hybridized carbons (Fsp3) is 0.208. The number of aromatic amines is 2. The van der Waals surface area contributed by atoms with Gasteiger partial charge >= 0.3 is 0 Å². The minimum absolute atomic E-state index is 0.0513. The number of hydrogen-bond acceptors (Lipinski definition) is 3. The van der Waals surface area contributed by atoms with Crippen LogP contribution in [-0.4, -0.2) is 38.8 Å². The molecule has 31 heavy (non-hydrogen) atoms. The number of halogens is 1. The molecule has 0 spiro atoms. The molecule has 1 amide bonds. The van der Waals surface area contributed by atoms with E-state index in [9.17, 15) is 9.59 Å². The average molecular weight is 433 g/mol. The number of carbonyl (C=O) groups excluding carboxylic acids is 1. The van der Waals surface area contributed by atoms with E-state index in [4.69, 9.17) is 11.6 Å². The Morgan fingerprint density at radius 3 is 2.45 bits per heavy atom. The Morgan fingerprint density at radius 2 is 1.77 bits per heavy atom. The number of likely N-dealkylation sites (tertiary alicyclic amines) is 1. The van der Waals surface area contributed by atoms with Crippen LogP contribution in [0.25, 0.3) is 22.0 Å². The highest BCUT2D eigenvalue weighted by atomic mass is 35.5. The van der Waals surface area contributed by atoms with E-state index in [0.29, 0.717) is 29.7 Å². The Labute approximate surface area is 183 Å². The molecule has 0 atom stereocenters. The predicted octanol–water partition coefficient (Wildman–Crippen LogP) is 4.59. The number of rotatable bonds is 3. The van der Waals surface area contributed by atoms with Crippen LogP contribution in [-0.2, 0) is 0 Å². The Morgan fingerprint density at radius 1 is 1.03 bits per heavy atom. The van der Waals surface area contributed by atoms with Crippen molar-refractivity contribution in [3.63, 3.8) is 0 Å². The molecule has 0 saturated carbocycles. The summed E-state index contributed by atoms with van der Waals surface area (Å²) in [7, 11) is 0. The number of pyridine rings is 2. The second-order valence-corrected chi connectivity index (χ2v) is 8.23. The fourth-order valence-corrected chi connectivity index (χ4v) is 4.45. The maximum atomic E-state index is 13.0. The van der Waals surface area contributed by atoms with Crippen molar-refractivity contribution in [1.29, 1.82) is 0 Å². The van der Waals surface area contributed by atoms with E-state index in [1.165, 1.54) is 6.07 Å². The number of carbonyl (C=O) groups is 1. The largest absolute Gasteiger partial charge is 0.358 e. The number of fused-ring (bicyclic) bond motifs is 1. The molecule has 4 heterocycles. The van der Waals surface area contributed by atoms with Crippen LogP contribution in [0.3, 0.4) is 0 Å². The number of benzene rings is 1. The average Bonchev–Trinajstić information content (AvgIpc) is 3.25. The van der Waals surface area contributed by atoms with Crippen molar-refractivity contribution in [1.82, 2.24) is 19.9 Å². The van der Waals surface area contributed by atoms with Gasteiger partial charge in [0.05, 0.1) is 5.52 Å². The Bertz CT molecular complexity index is 1280. The van der Waals surface area contributed by atoms with Gasteiger partial charge < -0.3 is 14.9 Å². The highest BCUT2D eigenvalue weighted by Crippen LogP contribution is 2.32. The van der Waals surface area contributed by atoms with Gasteiger partial charge in [0.25, 0.3) is 5.91 Å². The lowest BCUT2D eigenvalue weighted by Crippen LogP contribution is -2.37. The van der Waals surface area contributed by atoms with E-state index in [1.807, 2.05) is 35.2 Å². The van der Waals surface area contributed by atoms with Crippen molar-refractivity contribution in [3.05, 3.63) is 87.7 Å². The minimum Gasteiger partial charge on any atom is -0.358 e. The van der Waals surface area contributed by atoms with Crippen LogP contribution in [0.1, 0.15) is 34.8 Å². The van der Waals surface area contributed by atoms with Gasteiger partial charge in [0, 0.05) is 54.1 Å². The summed E-state index contributed by atoms with van der Waals surface area (Å²) >= 11 is 6.20. The number of hydrogen-bond donors (Lipinski definition) is 2. The van der Waals surface area contributed by atoms with Gasteiger partial charge in [-0.3, -0.25) is 9.59 Å². The van der Waals surface area contributed by atoms with Crippen LogP contribution >= 0.6 is 11.6 Å². The monoisotopic (exact) mass is 432 g/mol. The molecule has 2 N–H and O–H groups in total. The molecule has 0 radical (unpaired) electrons. The SMILES string of the molecule is O=C(c1ccc(-c2ccc(=O)[nH]c2)cc1)N1CCC(c2cc3c(Cl)nccc3[nH]2)CC1. The summed E-state index contributed by atoms with van der Waals surface area (Å²) in [5, 5.41) is 1.46. The number of nitrogens with zero attached hydrogens (tertiary/aromatic N) is 2. The molecule has 1 saturated heterocycles. The van der Waals surface area contributed by atoms with Crippen molar-refractivity contribution in [2.45, 2.75) is 18.8 Å². The topological polar surface area (TPSA) is 81.8 Å². The van der Waals surface area contributed by atoms with E-state index in [1.54, 1.807) is 18.5 Å². The molecule has 1 aromatic carbocycles. The van der Waals surface area contributed by atoms with Crippen LogP contribution < -0.4 is 5.56 Å². The molecule has 1 fully saturated rings. The van der Waals surface area contributed by atoms with E-state index in [0.717, 1.165) is 40.6 Å². The third-order valence-corrected chi connectivity index (χ3v) is 6.29. The van der Waals surface area contributed by atoms with Gasteiger partial charge in [0.2, 0.25) is 5.56 Å². The normalized spacial score (nSPS) is 14.8. The molecule has 0 bridgehead atoms. The van der Waals surface area contributed by atoms with Crippen LogP contribution in [0.2, 0.25) is 5.15 Å². The molecule has 5 rings (SSSR count). The third-order valence-electron chi connectivity index (χ3n) is 5.99. The molecule has 1 aliphatic heterocycles. The minimum atomic E-state index is -0.133. The van der Waals surface area contributed by atoms with Crippen molar-refractivity contribution in [2.75, 3.05) is 13.1 Å². The standard InChI is InChI=1S/C24H21ClN4O2/c25-23-19-13-21(28-20(19)7-10-26-23)16-8-11-29(12-9-16)24(31)17-3-1-15(2-4-17)18-5-6-22(30)27-14-18/h1-7,10,13-14,16,28H,8-9,11-12H2,(H,27,30). The van der Waals surface area contributed by atoms with Crippen LogP contribution in [0.4, 0.5) is 0 Å². The zero-order valence-electron chi connectivity index (χ0n) is 16.8. The van der Waals surface area contributed by atoms with E-state index in [-0.39, 0.29) is 11.5 Å². The number of H-pyrrole nitrogens is 2. The van der Waals surface area contributed by atoms with Crippen LogP contribution in [0, 0.1) is 0 Å². The number of nitrogens with one attached hydrogen (secondary N) is 2. The number of aromatic nitrogens is 3. The Hall–Kier alpha value is -3.38. The van der Waals surface area contributed by atoms with Crippen molar-refractivity contribution in [3.8, 4) is 11.1 Å². The lowest BCUT2D eigenvalue weighted by molar-refractivity contribution is 0.0712. The molecule has 6 nitrogen and oxygen atoms in total. The van der Waals surface area contributed by atoms with Gasteiger partial charge in [-0.1, -0.05) is 23.7 Å². The first-order valence-electron chi connectivity index (χ1n) is 10.3. The van der Waals surface area contributed by atoms with Crippen molar-refractivity contribution >= 4 is 28.4 Å². The van der Waals surface area contributed by atoms with Crippen molar-refractivity contribution < 1.29 is 4.79 Å². The van der Waals surface area contributed by atoms with Gasteiger partial charge in [-0.05, 0) is 54.3 Å². The van der Waals surface area contributed by atoms with Crippen LogP contribution in [0.5, 0.6) is 0 Å². The molecule has 7 heteroatoms. The van der Waals surface area contributed by atoms with Gasteiger partial charge in [0.1, 0.15) is 5.15 Å². The summed E-state index contributed by atoms with van der Waals surface area (Å²) in [5.41, 5.74) is 4.56. The quantitative estimate of drug-likeness (QED) is 0.464. The zero-order chi connectivity index (χ0) is 21.4. The Balaban J connectivity index is 1.25. The molecule has 0 unspecified atom stereocenters. The third kappa shape index (κ3) is 3.86. The van der Waals surface area contributed by atoms with Gasteiger partial charge in [0.15, 0.2) is 0 Å². The van der Waals surface area contributed by atoms with Gasteiger partial charge in [-0.25, -0.2) is 4.98 Å². The molecule has 156 valence electrons. The second kappa shape index (κ2) is 8.04. The second-order valence-electron chi connectivity index (χ2n) is 7.87. The fourth-order valence-electron chi connectivity index (χ4n) is 4.23. The lowest BCUT2D eigenvalue weighted by atomic mass is 9.93. The van der Waals surface area contributed by atoms with Gasteiger partial charge in [-0.15, -0.1) is 0 Å². The molecule has 1 aliphatic rings. The summed E-state index contributed by atoms with van der Waals surface area (Å²) in [4.78, 5) is 36.4. The molecule has 3 aromatic heterocycles. The summed E-state index contributed by atoms with van der Waals surface area (Å²) in [6, 6.07) is 14.8. The maximum absolute atomic E-state index is 13.0. The highest BCUT2D eigenvalue weighted by molar-refractivity contribution is 6.34. The van der Waals surface area contributed by atoms with Gasteiger partial charge in [-0.2, -0.15) is 0 Å². The van der Waals surface area contributed by atoms with E-state index in [2.05, 4.69) is 21.0 Å². The molecule has 0 aliphatic carbocycles. The lowest BCUT2D eigenvalue weighted by Gasteiger charge is -2.31. The summed E-state index contributed by atoms with van der Waals surface area (Å²) < 4.78 is 0. The van der Waals surface area contributed by atoms with Crippen LogP contribution in [0.15, 0.2) is 65.7 Å². The maximum Gasteiger partial charge on any atom is 0.253 e. The molecular formula is C24H21ClN4O2. The highest BCUT2D eigenvalue weighted by Gasteiger charge is 2.25. The molecule has 4 aromatic rings. The predicted molar refractivity (Wildman–Crippen MR) is 121 cm³/mol. The summed E-state index contributed by atoms with van der Waals surface area (Å²) in [6.45, 7) is 1.43. The summed E-state index contributed by atoms with van der Waals surface area (Å²) in [5.74, 6) is 0.422. The molecular weight excluding hydrogens is 412 g/mol. The zero-order valence-corrected chi connectivity index (χ0v) is 17.5. The van der Waals surface area contributed by atoms with E-state index < -0.39 is 0 Å². The summed E-state index contributed by atoms with van der Waals surface area (Å²) in [6.07, 6.45) is 5.18. The van der Waals surface area contributed by atoms with E-state index >= 15 is 0 Å². The Kier molecular flexibility index (Phi) is 5.08. The number of amides is 1.